The molecule has 0 amide bonds. The second-order valence-electron chi connectivity index (χ2n) is 7.17. The van der Waals surface area contributed by atoms with Crippen molar-refractivity contribution < 1.29 is 9.84 Å². The third-order valence-corrected chi connectivity index (χ3v) is 5.70. The molecular formula is C24H25Cl2NO2. The molecule has 0 radical (unpaired) electrons. The molecule has 152 valence electrons. The molecule has 4 rings (SSSR count). The summed E-state index contributed by atoms with van der Waals surface area (Å²) in [6.07, 6.45) is 0.105. The Labute approximate surface area is 183 Å². The maximum atomic E-state index is 11.9. The van der Waals surface area contributed by atoms with Crippen molar-refractivity contribution in [1.82, 2.24) is 5.32 Å². The number of morpholine rings is 1. The zero-order valence-corrected chi connectivity index (χ0v) is 17.6. The topological polar surface area (TPSA) is 41.5 Å². The second-order valence-corrected chi connectivity index (χ2v) is 7.57. The zero-order valence-electron chi connectivity index (χ0n) is 16.1. The highest BCUT2D eigenvalue weighted by molar-refractivity contribution is 6.33. The third-order valence-electron chi connectivity index (χ3n) is 5.38. The van der Waals surface area contributed by atoms with Gasteiger partial charge >= 0.3 is 0 Å². The minimum Gasteiger partial charge on any atom is -0.382 e. The highest BCUT2D eigenvalue weighted by Crippen LogP contribution is 2.37. The van der Waals surface area contributed by atoms with Crippen molar-refractivity contribution in [1.29, 1.82) is 0 Å². The quantitative estimate of drug-likeness (QED) is 0.608. The summed E-state index contributed by atoms with van der Waals surface area (Å²) in [5.41, 5.74) is 2.75. The Bertz CT molecular complexity index is 929. The fourth-order valence-corrected chi connectivity index (χ4v) is 4.15. The maximum Gasteiger partial charge on any atom is 0.121 e. The summed E-state index contributed by atoms with van der Waals surface area (Å²) in [7, 11) is 0. The molecule has 0 saturated carbocycles. The Morgan fingerprint density at radius 1 is 0.931 bits per heavy atom. The number of ether oxygens (including phenoxy) is 1. The van der Waals surface area contributed by atoms with Crippen molar-refractivity contribution in [3.63, 3.8) is 0 Å². The Morgan fingerprint density at radius 3 is 2.28 bits per heavy atom. The van der Waals surface area contributed by atoms with Gasteiger partial charge in [0.05, 0.1) is 6.61 Å². The summed E-state index contributed by atoms with van der Waals surface area (Å²) in [4.78, 5) is 0. The summed E-state index contributed by atoms with van der Waals surface area (Å²) >= 11 is 6.47. The molecule has 1 aliphatic heterocycles. The number of rotatable bonds is 5. The van der Waals surface area contributed by atoms with Crippen molar-refractivity contribution in [2.75, 3.05) is 19.7 Å². The lowest BCUT2D eigenvalue weighted by molar-refractivity contribution is -0.124. The zero-order chi connectivity index (χ0) is 19.4. The van der Waals surface area contributed by atoms with Crippen LogP contribution in [0.1, 0.15) is 11.1 Å². The van der Waals surface area contributed by atoms with E-state index in [2.05, 4.69) is 17.4 Å². The third kappa shape index (κ3) is 4.66. The molecular weight excluding hydrogens is 405 g/mol. The van der Waals surface area contributed by atoms with Crippen LogP contribution in [0.25, 0.3) is 11.1 Å². The van der Waals surface area contributed by atoms with Crippen LogP contribution in [0.15, 0.2) is 78.9 Å². The van der Waals surface area contributed by atoms with Crippen molar-refractivity contribution in [2.24, 2.45) is 0 Å². The van der Waals surface area contributed by atoms with Crippen molar-refractivity contribution in [2.45, 2.75) is 18.1 Å². The van der Waals surface area contributed by atoms with Gasteiger partial charge in [-0.05, 0) is 22.8 Å². The lowest BCUT2D eigenvalue weighted by atomic mass is 9.80. The van der Waals surface area contributed by atoms with Crippen molar-refractivity contribution in [3.8, 4) is 11.1 Å². The van der Waals surface area contributed by atoms with Crippen LogP contribution in [0.4, 0.5) is 0 Å². The van der Waals surface area contributed by atoms with E-state index in [1.807, 2.05) is 66.7 Å². The predicted octanol–water partition coefficient (Wildman–Crippen LogP) is 4.85. The van der Waals surface area contributed by atoms with Gasteiger partial charge in [-0.3, -0.25) is 0 Å². The summed E-state index contributed by atoms with van der Waals surface area (Å²) in [5, 5.41) is 16.0. The SMILES string of the molecule is Cl.O[C@](Cc1ccccc1-c1ccccc1Cl)(c1ccccc1)[C@H]1CNCCO1. The van der Waals surface area contributed by atoms with Crippen molar-refractivity contribution in [3.05, 3.63) is 95.0 Å². The van der Waals surface area contributed by atoms with Gasteiger partial charge in [-0.15, -0.1) is 12.4 Å². The molecule has 2 atom stereocenters. The average Bonchev–Trinajstić information content (AvgIpc) is 2.76. The van der Waals surface area contributed by atoms with E-state index in [9.17, 15) is 5.11 Å². The molecule has 0 bridgehead atoms. The van der Waals surface area contributed by atoms with Gasteiger partial charge < -0.3 is 15.2 Å². The minimum absolute atomic E-state index is 0. The van der Waals surface area contributed by atoms with Gasteiger partial charge in [-0.25, -0.2) is 0 Å². The monoisotopic (exact) mass is 429 g/mol. The minimum atomic E-state index is -1.15. The van der Waals surface area contributed by atoms with Crippen LogP contribution in [0, 0.1) is 0 Å². The van der Waals surface area contributed by atoms with E-state index in [0.717, 1.165) is 28.8 Å². The fourth-order valence-electron chi connectivity index (χ4n) is 3.91. The number of benzene rings is 3. The molecule has 1 aliphatic rings. The first-order chi connectivity index (χ1) is 13.7. The van der Waals surface area contributed by atoms with Crippen LogP contribution in [0.2, 0.25) is 5.02 Å². The molecule has 3 aromatic carbocycles. The Morgan fingerprint density at radius 2 is 1.59 bits per heavy atom. The van der Waals surface area contributed by atoms with E-state index in [1.165, 1.54) is 0 Å². The summed E-state index contributed by atoms with van der Waals surface area (Å²) in [6, 6.07) is 25.7. The average molecular weight is 430 g/mol. The highest BCUT2D eigenvalue weighted by atomic mass is 35.5. The lowest BCUT2D eigenvalue weighted by Gasteiger charge is -2.39. The first-order valence-electron chi connectivity index (χ1n) is 9.61. The Hall–Kier alpha value is -1.88. The standard InChI is InChI=1S/C24H24ClNO2.ClH/c25-22-13-7-6-12-21(22)20-11-5-4-8-18(20)16-24(27,19-9-2-1-3-10-19)23-17-26-14-15-28-23;/h1-13,23,26-27H,14-17H2;1H/t23-,24-;/m1./s1. The van der Waals surface area contributed by atoms with Crippen molar-refractivity contribution >= 4 is 24.0 Å². The summed E-state index contributed by atoms with van der Waals surface area (Å²) in [5.74, 6) is 0. The molecule has 0 unspecified atom stereocenters. The van der Waals surface area contributed by atoms with E-state index in [4.69, 9.17) is 16.3 Å². The Kier molecular flexibility index (Phi) is 7.33. The Balaban J connectivity index is 0.00000240. The van der Waals surface area contributed by atoms with Gasteiger partial charge in [0.2, 0.25) is 0 Å². The van der Waals surface area contributed by atoms with Crippen LogP contribution in [-0.4, -0.2) is 30.9 Å². The predicted molar refractivity (Wildman–Crippen MR) is 121 cm³/mol. The second kappa shape index (κ2) is 9.75. The highest BCUT2D eigenvalue weighted by Gasteiger charge is 2.40. The van der Waals surface area contributed by atoms with Gasteiger partial charge in [0, 0.05) is 30.1 Å². The van der Waals surface area contributed by atoms with Gasteiger partial charge in [0.1, 0.15) is 11.7 Å². The number of aliphatic hydroxyl groups is 1. The van der Waals surface area contributed by atoms with Gasteiger partial charge in [-0.1, -0.05) is 84.4 Å². The number of nitrogens with one attached hydrogen (secondary N) is 1. The number of hydrogen-bond acceptors (Lipinski definition) is 3. The van der Waals surface area contributed by atoms with Gasteiger partial charge in [0.15, 0.2) is 0 Å². The summed E-state index contributed by atoms with van der Waals surface area (Å²) in [6.45, 7) is 2.00. The molecule has 0 spiro atoms. The van der Waals surface area contributed by atoms with E-state index in [1.54, 1.807) is 0 Å². The molecule has 5 heteroatoms. The molecule has 3 aromatic rings. The molecule has 1 saturated heterocycles. The van der Waals surface area contributed by atoms with E-state index >= 15 is 0 Å². The van der Waals surface area contributed by atoms with E-state index < -0.39 is 5.60 Å². The molecule has 0 aromatic heterocycles. The van der Waals surface area contributed by atoms with E-state index in [0.29, 0.717) is 24.6 Å². The summed E-state index contributed by atoms with van der Waals surface area (Å²) < 4.78 is 6.00. The molecule has 3 nitrogen and oxygen atoms in total. The van der Waals surface area contributed by atoms with Gasteiger partial charge in [-0.2, -0.15) is 0 Å². The van der Waals surface area contributed by atoms with Crippen LogP contribution in [0.5, 0.6) is 0 Å². The van der Waals surface area contributed by atoms with Crippen LogP contribution >= 0.6 is 24.0 Å². The smallest absolute Gasteiger partial charge is 0.121 e. The largest absolute Gasteiger partial charge is 0.382 e. The maximum absolute atomic E-state index is 11.9. The van der Waals surface area contributed by atoms with Crippen LogP contribution < -0.4 is 5.32 Å². The lowest BCUT2D eigenvalue weighted by Crippen LogP contribution is -2.52. The molecule has 29 heavy (non-hydrogen) atoms. The molecule has 1 heterocycles. The normalized spacial score (nSPS) is 18.5. The molecule has 0 aliphatic carbocycles. The first kappa shape index (κ1) is 21.8. The molecule has 1 fully saturated rings. The molecule has 2 N–H and O–H groups in total. The number of halogens is 2. The fraction of sp³-hybridized carbons (Fsp3) is 0.250. The van der Waals surface area contributed by atoms with Gasteiger partial charge in [0.25, 0.3) is 0 Å². The first-order valence-corrected chi connectivity index (χ1v) is 9.99. The number of hydrogen-bond donors (Lipinski definition) is 2. The van der Waals surface area contributed by atoms with Crippen LogP contribution in [0.3, 0.4) is 0 Å². The van der Waals surface area contributed by atoms with Crippen LogP contribution in [-0.2, 0) is 16.8 Å². The van der Waals surface area contributed by atoms with E-state index in [-0.39, 0.29) is 18.5 Å².